The maximum absolute atomic E-state index is 5.34. The number of unbranched alkanes of at least 4 members (excludes halogenated alkanes) is 1. The van der Waals surface area contributed by atoms with Gasteiger partial charge in [-0.1, -0.05) is 18.2 Å². The van der Waals surface area contributed by atoms with Gasteiger partial charge in [0.05, 0.1) is 0 Å². The molecule has 1 aromatic rings. The molecular formula is C16H25N3O. The van der Waals surface area contributed by atoms with Crippen molar-refractivity contribution in [3.8, 4) is 0 Å². The van der Waals surface area contributed by atoms with Gasteiger partial charge in [-0.25, -0.2) is 0 Å². The van der Waals surface area contributed by atoms with Crippen LogP contribution in [0.2, 0.25) is 0 Å². The third-order valence-corrected chi connectivity index (χ3v) is 3.56. The van der Waals surface area contributed by atoms with E-state index in [1.165, 1.54) is 11.3 Å². The lowest BCUT2D eigenvalue weighted by Crippen LogP contribution is -2.41. The van der Waals surface area contributed by atoms with Crippen LogP contribution < -0.4 is 10.2 Å². The van der Waals surface area contributed by atoms with Gasteiger partial charge in [0.1, 0.15) is 0 Å². The summed E-state index contributed by atoms with van der Waals surface area (Å²) in [6.45, 7) is 5.64. The summed E-state index contributed by atoms with van der Waals surface area (Å²) in [5, 5.41) is 3.45. The number of anilines is 1. The summed E-state index contributed by atoms with van der Waals surface area (Å²) in [6.07, 6.45) is 3.30. The van der Waals surface area contributed by atoms with Crippen LogP contribution in [-0.4, -0.2) is 39.3 Å². The quantitative estimate of drug-likeness (QED) is 0.492. The van der Waals surface area contributed by atoms with E-state index in [4.69, 9.17) is 4.74 Å². The van der Waals surface area contributed by atoms with Crippen molar-refractivity contribution >= 4 is 11.6 Å². The van der Waals surface area contributed by atoms with Crippen LogP contribution in [0.1, 0.15) is 25.3 Å². The summed E-state index contributed by atoms with van der Waals surface area (Å²) < 4.78 is 5.34. The Balaban J connectivity index is 1.82. The largest absolute Gasteiger partial charge is 0.382 e. The van der Waals surface area contributed by atoms with Gasteiger partial charge >= 0.3 is 0 Å². The zero-order valence-electron chi connectivity index (χ0n) is 12.6. The first-order valence-electron chi connectivity index (χ1n) is 7.50. The van der Waals surface area contributed by atoms with E-state index in [1.807, 2.05) is 14.0 Å². The van der Waals surface area contributed by atoms with Crippen LogP contribution in [0.25, 0.3) is 0 Å². The molecule has 1 heterocycles. The maximum Gasteiger partial charge on any atom is 0.198 e. The molecule has 0 spiro atoms. The Kier molecular flexibility index (Phi) is 5.87. The van der Waals surface area contributed by atoms with Gasteiger partial charge in [-0.2, -0.15) is 0 Å². The fourth-order valence-corrected chi connectivity index (χ4v) is 2.53. The molecule has 0 saturated heterocycles. The monoisotopic (exact) mass is 275 g/mol. The van der Waals surface area contributed by atoms with Gasteiger partial charge in [-0.3, -0.25) is 4.99 Å². The summed E-state index contributed by atoms with van der Waals surface area (Å²) in [4.78, 5) is 6.68. The molecule has 0 amide bonds. The first kappa shape index (κ1) is 14.9. The highest BCUT2D eigenvalue weighted by atomic mass is 16.5. The fraction of sp³-hybridized carbons (Fsp3) is 0.562. The number of ether oxygens (including phenoxy) is 1. The zero-order valence-corrected chi connectivity index (χ0v) is 12.6. The molecule has 0 bridgehead atoms. The molecule has 1 aliphatic rings. The van der Waals surface area contributed by atoms with Gasteiger partial charge < -0.3 is 15.0 Å². The summed E-state index contributed by atoms with van der Waals surface area (Å²) in [7, 11) is 1.85. The highest BCUT2D eigenvalue weighted by Crippen LogP contribution is 2.27. The predicted octanol–water partition coefficient (Wildman–Crippen LogP) is 2.44. The molecular weight excluding hydrogens is 250 g/mol. The third-order valence-electron chi connectivity index (χ3n) is 3.56. The lowest BCUT2D eigenvalue weighted by Gasteiger charge is -2.22. The average Bonchev–Trinajstić information content (AvgIpc) is 2.91. The molecule has 2 rings (SSSR count). The first-order valence-corrected chi connectivity index (χ1v) is 7.50. The second-order valence-electron chi connectivity index (χ2n) is 4.91. The number of fused-ring (bicyclic) bond motifs is 1. The number of guanidine groups is 1. The molecule has 0 aromatic heterocycles. The van der Waals surface area contributed by atoms with Crippen molar-refractivity contribution in [2.45, 2.75) is 26.2 Å². The van der Waals surface area contributed by atoms with Crippen molar-refractivity contribution < 1.29 is 4.74 Å². The number of hydrogen-bond acceptors (Lipinski definition) is 2. The zero-order chi connectivity index (χ0) is 14.2. The molecule has 4 nitrogen and oxygen atoms in total. The molecule has 0 fully saturated rings. The molecule has 20 heavy (non-hydrogen) atoms. The van der Waals surface area contributed by atoms with Gasteiger partial charge in [-0.15, -0.1) is 0 Å². The number of rotatable bonds is 6. The molecule has 0 radical (unpaired) electrons. The molecule has 1 aliphatic heterocycles. The van der Waals surface area contributed by atoms with Crippen LogP contribution in [0.4, 0.5) is 5.69 Å². The number of benzene rings is 1. The van der Waals surface area contributed by atoms with E-state index < -0.39 is 0 Å². The van der Waals surface area contributed by atoms with Crippen LogP contribution in [0, 0.1) is 0 Å². The van der Waals surface area contributed by atoms with Crippen molar-refractivity contribution in [3.05, 3.63) is 29.8 Å². The summed E-state index contributed by atoms with van der Waals surface area (Å²) in [6, 6.07) is 8.56. The van der Waals surface area contributed by atoms with Crippen molar-refractivity contribution in [2.24, 2.45) is 4.99 Å². The van der Waals surface area contributed by atoms with Crippen LogP contribution >= 0.6 is 0 Å². The van der Waals surface area contributed by atoms with Gasteiger partial charge in [0.2, 0.25) is 0 Å². The number of para-hydroxylation sites is 1. The number of nitrogens with one attached hydrogen (secondary N) is 1. The average molecular weight is 275 g/mol. The number of hydrogen-bond donors (Lipinski definition) is 1. The van der Waals surface area contributed by atoms with E-state index >= 15 is 0 Å². The smallest absolute Gasteiger partial charge is 0.198 e. The van der Waals surface area contributed by atoms with Crippen molar-refractivity contribution in [2.75, 3.05) is 38.3 Å². The highest BCUT2D eigenvalue weighted by Gasteiger charge is 2.21. The molecule has 0 saturated carbocycles. The van der Waals surface area contributed by atoms with Crippen LogP contribution in [0.15, 0.2) is 29.3 Å². The van der Waals surface area contributed by atoms with E-state index in [-0.39, 0.29) is 0 Å². The lowest BCUT2D eigenvalue weighted by atomic mass is 10.2. The Morgan fingerprint density at radius 1 is 1.35 bits per heavy atom. The fourth-order valence-electron chi connectivity index (χ4n) is 2.53. The Labute approximate surface area is 121 Å². The topological polar surface area (TPSA) is 36.9 Å². The SMILES string of the molecule is CCOCCCCNC(=NC)N1CCc2ccccc21. The van der Waals surface area contributed by atoms with Crippen molar-refractivity contribution in [3.63, 3.8) is 0 Å². The molecule has 0 atom stereocenters. The second-order valence-corrected chi connectivity index (χ2v) is 4.91. The van der Waals surface area contributed by atoms with Crippen molar-refractivity contribution in [1.29, 1.82) is 0 Å². The third kappa shape index (κ3) is 3.73. The molecule has 1 aromatic carbocycles. The summed E-state index contributed by atoms with van der Waals surface area (Å²) >= 11 is 0. The summed E-state index contributed by atoms with van der Waals surface area (Å²) in [5.74, 6) is 0.978. The van der Waals surface area contributed by atoms with Crippen LogP contribution in [0.5, 0.6) is 0 Å². The highest BCUT2D eigenvalue weighted by molar-refractivity contribution is 5.97. The van der Waals surface area contributed by atoms with E-state index in [0.717, 1.165) is 51.5 Å². The Morgan fingerprint density at radius 2 is 2.20 bits per heavy atom. The molecule has 1 N–H and O–H groups in total. The van der Waals surface area contributed by atoms with Crippen LogP contribution in [-0.2, 0) is 11.2 Å². The molecule has 110 valence electrons. The van der Waals surface area contributed by atoms with E-state index in [1.54, 1.807) is 0 Å². The minimum Gasteiger partial charge on any atom is -0.382 e. The Morgan fingerprint density at radius 3 is 3.00 bits per heavy atom. The standard InChI is InChI=1S/C16H25N3O/c1-3-20-13-7-6-11-18-16(17-2)19-12-10-14-8-4-5-9-15(14)19/h4-5,8-9H,3,6-7,10-13H2,1-2H3,(H,17,18). The first-order chi connectivity index (χ1) is 9.86. The van der Waals surface area contributed by atoms with E-state index in [2.05, 4.69) is 39.5 Å². The predicted molar refractivity (Wildman–Crippen MR) is 84.6 cm³/mol. The van der Waals surface area contributed by atoms with E-state index in [0.29, 0.717) is 0 Å². The number of nitrogens with zero attached hydrogens (tertiary/aromatic N) is 2. The normalized spacial score (nSPS) is 14.5. The van der Waals surface area contributed by atoms with Gasteiger partial charge in [0.15, 0.2) is 5.96 Å². The second kappa shape index (κ2) is 7.90. The van der Waals surface area contributed by atoms with Gasteiger partial charge in [-0.05, 0) is 37.8 Å². The van der Waals surface area contributed by atoms with Gasteiger partial charge in [0.25, 0.3) is 0 Å². The maximum atomic E-state index is 5.34. The van der Waals surface area contributed by atoms with Crippen LogP contribution in [0.3, 0.4) is 0 Å². The minimum atomic E-state index is 0.805. The van der Waals surface area contributed by atoms with Crippen molar-refractivity contribution in [1.82, 2.24) is 5.32 Å². The molecule has 0 unspecified atom stereocenters. The summed E-state index contributed by atoms with van der Waals surface area (Å²) in [5.41, 5.74) is 2.70. The molecule has 0 aliphatic carbocycles. The Bertz CT molecular complexity index is 445. The minimum absolute atomic E-state index is 0.805. The number of aliphatic imine (C=N–C) groups is 1. The van der Waals surface area contributed by atoms with Gasteiger partial charge in [0, 0.05) is 39.0 Å². The lowest BCUT2D eigenvalue weighted by molar-refractivity contribution is 0.143. The van der Waals surface area contributed by atoms with E-state index in [9.17, 15) is 0 Å². The Hall–Kier alpha value is -1.55. The molecule has 4 heteroatoms.